The zero-order chi connectivity index (χ0) is 38.7. The number of benzene rings is 4. The minimum Gasteiger partial charge on any atom is -0.279 e. The van der Waals surface area contributed by atoms with Crippen molar-refractivity contribution in [3.63, 3.8) is 0 Å². The van der Waals surface area contributed by atoms with E-state index in [9.17, 15) is 16.8 Å². The highest BCUT2D eigenvalue weighted by Gasteiger charge is 2.29. The van der Waals surface area contributed by atoms with Gasteiger partial charge >= 0.3 is 0 Å². The van der Waals surface area contributed by atoms with Crippen molar-refractivity contribution < 1.29 is 16.8 Å². The lowest BCUT2D eigenvalue weighted by molar-refractivity contribution is 0.594. The number of nitrogens with one attached hydrogen (secondary N) is 2. The summed E-state index contributed by atoms with van der Waals surface area (Å²) in [5.41, 5.74) is 7.61. The molecule has 0 radical (unpaired) electrons. The highest BCUT2D eigenvalue weighted by Crippen LogP contribution is 2.38. The molecule has 0 aromatic heterocycles. The third-order valence-corrected chi connectivity index (χ3v) is 12.5. The van der Waals surface area contributed by atoms with Gasteiger partial charge < -0.3 is 0 Å². The van der Waals surface area contributed by atoms with E-state index in [4.69, 9.17) is 0 Å². The lowest BCUT2D eigenvalue weighted by Gasteiger charge is -2.23. The Labute approximate surface area is 314 Å². The normalized spacial score (nSPS) is 12.7. The van der Waals surface area contributed by atoms with Crippen molar-refractivity contribution in [1.82, 2.24) is 0 Å². The van der Waals surface area contributed by atoms with Crippen LogP contribution in [-0.2, 0) is 20.0 Å². The van der Waals surface area contributed by atoms with Gasteiger partial charge in [0, 0.05) is 0 Å². The SMILES string of the molecule is CC(C)c1cc(C(C)C)c(S(=O)(=O)Nc2ccccc2/C=C/c2ccccc2NS(=O)(=O)c2c(C(C)C)cc(C(C)C)cc2C(C)C)c(C(C)C)c1. The molecule has 52 heavy (non-hydrogen) atoms. The van der Waals surface area contributed by atoms with Gasteiger partial charge in [0.1, 0.15) is 0 Å². The van der Waals surface area contributed by atoms with Gasteiger partial charge in [-0.2, -0.15) is 0 Å². The standard InChI is InChI=1S/C44H58N2O4S2/c1-27(2)35-23-37(29(5)6)43(38(24-35)30(7)8)51(47,48)45-41-19-15-13-17-33(41)21-22-34-18-14-16-20-42(34)46-52(49,50)44-39(31(9)10)25-36(28(3)4)26-40(44)32(11)12/h13-32,45-46H,1-12H3/b22-21+. The molecule has 0 aliphatic rings. The van der Waals surface area contributed by atoms with Crippen molar-refractivity contribution in [2.75, 3.05) is 9.44 Å². The molecule has 6 nitrogen and oxygen atoms in total. The van der Waals surface area contributed by atoms with Crippen LogP contribution < -0.4 is 9.44 Å². The molecule has 0 saturated heterocycles. The first kappa shape index (κ1) is 40.9. The zero-order valence-corrected chi connectivity index (χ0v) is 34.6. The van der Waals surface area contributed by atoms with E-state index in [2.05, 4.69) is 37.1 Å². The van der Waals surface area contributed by atoms with Crippen molar-refractivity contribution in [3.05, 3.63) is 117 Å². The fourth-order valence-electron chi connectivity index (χ4n) is 6.44. The summed E-state index contributed by atoms with van der Waals surface area (Å²) in [4.78, 5) is 0.673. The summed E-state index contributed by atoms with van der Waals surface area (Å²) in [7, 11) is -7.96. The van der Waals surface area contributed by atoms with Gasteiger partial charge in [-0.25, -0.2) is 16.8 Å². The molecule has 2 N–H and O–H groups in total. The Morgan fingerprint density at radius 1 is 0.423 bits per heavy atom. The molecule has 0 amide bonds. The number of para-hydroxylation sites is 2. The van der Waals surface area contributed by atoms with Crippen LogP contribution in [0.3, 0.4) is 0 Å². The number of sulfonamides is 2. The quantitative estimate of drug-likeness (QED) is 0.126. The molecule has 0 bridgehead atoms. The molecule has 0 atom stereocenters. The second-order valence-corrected chi connectivity index (χ2v) is 18.9. The summed E-state index contributed by atoms with van der Waals surface area (Å²) in [6.07, 6.45) is 3.63. The van der Waals surface area contributed by atoms with E-state index in [0.29, 0.717) is 32.3 Å². The van der Waals surface area contributed by atoms with E-state index in [0.717, 1.165) is 33.4 Å². The average molecular weight is 743 g/mol. The number of anilines is 2. The lowest BCUT2D eigenvalue weighted by atomic mass is 9.89. The maximum absolute atomic E-state index is 14.3. The summed E-state index contributed by atoms with van der Waals surface area (Å²) >= 11 is 0. The Balaban J connectivity index is 1.76. The van der Waals surface area contributed by atoms with Crippen LogP contribution >= 0.6 is 0 Å². The van der Waals surface area contributed by atoms with Crippen LogP contribution in [0.5, 0.6) is 0 Å². The molecule has 8 heteroatoms. The third kappa shape index (κ3) is 9.18. The van der Waals surface area contributed by atoms with E-state index in [1.807, 2.05) is 116 Å². The number of hydrogen-bond acceptors (Lipinski definition) is 4. The highest BCUT2D eigenvalue weighted by molar-refractivity contribution is 7.93. The average Bonchev–Trinajstić information content (AvgIpc) is 3.06. The van der Waals surface area contributed by atoms with Crippen LogP contribution in [0.25, 0.3) is 12.2 Å². The Kier molecular flexibility index (Phi) is 12.9. The van der Waals surface area contributed by atoms with Crippen LogP contribution in [0.1, 0.15) is 163 Å². The molecule has 4 aromatic carbocycles. The van der Waals surface area contributed by atoms with Gasteiger partial charge in [-0.15, -0.1) is 0 Å². The molecular formula is C44H58N2O4S2. The predicted octanol–water partition coefficient (Wildman–Crippen LogP) is 12.2. The maximum Gasteiger partial charge on any atom is 0.262 e. The minimum atomic E-state index is -3.98. The summed E-state index contributed by atoms with van der Waals surface area (Å²) in [6, 6.07) is 22.6. The third-order valence-electron chi connectivity index (χ3n) is 9.55. The lowest BCUT2D eigenvalue weighted by Crippen LogP contribution is -2.19. The van der Waals surface area contributed by atoms with Crippen LogP contribution in [0, 0.1) is 0 Å². The van der Waals surface area contributed by atoms with Gasteiger partial charge in [0.2, 0.25) is 0 Å². The highest BCUT2D eigenvalue weighted by atomic mass is 32.2. The molecule has 0 aliphatic carbocycles. The summed E-state index contributed by atoms with van der Waals surface area (Å²) in [6.45, 7) is 24.7. The largest absolute Gasteiger partial charge is 0.279 e. The second-order valence-electron chi connectivity index (χ2n) is 15.7. The van der Waals surface area contributed by atoms with Crippen LogP contribution in [-0.4, -0.2) is 16.8 Å². The smallest absolute Gasteiger partial charge is 0.262 e. The summed E-state index contributed by atoms with van der Waals surface area (Å²) in [5.74, 6) is 0.522. The minimum absolute atomic E-state index is 0.000396. The first-order valence-corrected chi connectivity index (χ1v) is 21.5. The van der Waals surface area contributed by atoms with Crippen molar-refractivity contribution in [2.24, 2.45) is 0 Å². The summed E-state index contributed by atoms with van der Waals surface area (Å²) < 4.78 is 63.0. The second kappa shape index (κ2) is 16.4. The van der Waals surface area contributed by atoms with Gasteiger partial charge in [0.15, 0.2) is 0 Å². The fraction of sp³-hybridized carbons (Fsp3) is 0.409. The van der Waals surface area contributed by atoms with Gasteiger partial charge in [0.25, 0.3) is 20.0 Å². The van der Waals surface area contributed by atoms with E-state index >= 15 is 0 Å². The Hall–Kier alpha value is -3.88. The predicted molar refractivity (Wildman–Crippen MR) is 221 cm³/mol. The van der Waals surface area contributed by atoms with Crippen molar-refractivity contribution >= 4 is 43.6 Å². The van der Waals surface area contributed by atoms with Crippen molar-refractivity contribution in [3.8, 4) is 0 Å². The van der Waals surface area contributed by atoms with Crippen LogP contribution in [0.15, 0.2) is 82.6 Å². The summed E-state index contributed by atoms with van der Waals surface area (Å²) in [5, 5.41) is 0. The van der Waals surface area contributed by atoms with Gasteiger partial charge in [-0.3, -0.25) is 9.44 Å². The number of rotatable bonds is 14. The molecule has 0 unspecified atom stereocenters. The molecule has 0 heterocycles. The maximum atomic E-state index is 14.3. The Bertz CT molecular complexity index is 1930. The van der Waals surface area contributed by atoms with Crippen molar-refractivity contribution in [2.45, 2.75) is 128 Å². The Morgan fingerprint density at radius 3 is 0.942 bits per heavy atom. The van der Waals surface area contributed by atoms with E-state index in [1.165, 1.54) is 0 Å². The van der Waals surface area contributed by atoms with Crippen LogP contribution in [0.2, 0.25) is 0 Å². The molecular weight excluding hydrogens is 685 g/mol. The fourth-order valence-corrected chi connectivity index (χ4v) is 10.0. The molecule has 0 saturated carbocycles. The molecule has 0 fully saturated rings. The number of hydrogen-bond donors (Lipinski definition) is 2. The van der Waals surface area contributed by atoms with E-state index in [-0.39, 0.29) is 35.5 Å². The topological polar surface area (TPSA) is 92.3 Å². The van der Waals surface area contributed by atoms with E-state index < -0.39 is 20.0 Å². The molecule has 0 aliphatic heterocycles. The molecule has 4 rings (SSSR count). The van der Waals surface area contributed by atoms with Gasteiger partial charge in [-0.1, -0.05) is 156 Å². The zero-order valence-electron chi connectivity index (χ0n) is 33.0. The first-order chi connectivity index (χ1) is 24.2. The monoisotopic (exact) mass is 742 g/mol. The Morgan fingerprint density at radius 2 is 0.692 bits per heavy atom. The van der Waals surface area contributed by atoms with E-state index in [1.54, 1.807) is 24.3 Å². The van der Waals surface area contributed by atoms with Gasteiger partial charge in [-0.05, 0) is 92.1 Å². The van der Waals surface area contributed by atoms with Gasteiger partial charge in [0.05, 0.1) is 21.2 Å². The molecule has 0 spiro atoms. The first-order valence-electron chi connectivity index (χ1n) is 18.5. The molecule has 280 valence electrons. The molecule has 4 aromatic rings. The van der Waals surface area contributed by atoms with Crippen LogP contribution in [0.4, 0.5) is 11.4 Å². The van der Waals surface area contributed by atoms with Crippen molar-refractivity contribution in [1.29, 1.82) is 0 Å².